The maximum absolute atomic E-state index is 12.5. The SMILES string of the molecule is CCC(=O)N1CCN(C(=O)c2cccc(NC(C)=O)c2)CC1. The Hall–Kier alpha value is -2.37. The number of benzene rings is 1. The van der Waals surface area contributed by atoms with E-state index in [1.807, 2.05) is 6.92 Å². The number of hydrogen-bond donors (Lipinski definition) is 1. The molecule has 6 nitrogen and oxygen atoms in total. The molecule has 0 aromatic heterocycles. The van der Waals surface area contributed by atoms with Gasteiger partial charge in [-0.15, -0.1) is 0 Å². The predicted octanol–water partition coefficient (Wildman–Crippen LogP) is 1.34. The van der Waals surface area contributed by atoms with E-state index in [0.717, 1.165) is 0 Å². The van der Waals surface area contributed by atoms with E-state index < -0.39 is 0 Å². The quantitative estimate of drug-likeness (QED) is 0.916. The van der Waals surface area contributed by atoms with E-state index >= 15 is 0 Å². The molecule has 2 rings (SSSR count). The topological polar surface area (TPSA) is 69.7 Å². The van der Waals surface area contributed by atoms with Crippen LogP contribution >= 0.6 is 0 Å². The maximum atomic E-state index is 12.5. The van der Waals surface area contributed by atoms with Crippen LogP contribution in [0.4, 0.5) is 5.69 Å². The van der Waals surface area contributed by atoms with Crippen molar-refractivity contribution in [2.45, 2.75) is 20.3 Å². The van der Waals surface area contributed by atoms with Crippen molar-refractivity contribution in [2.24, 2.45) is 0 Å². The number of hydrogen-bond acceptors (Lipinski definition) is 3. The van der Waals surface area contributed by atoms with Gasteiger partial charge >= 0.3 is 0 Å². The van der Waals surface area contributed by atoms with Crippen molar-refractivity contribution in [1.29, 1.82) is 0 Å². The van der Waals surface area contributed by atoms with Gasteiger partial charge in [0.05, 0.1) is 0 Å². The van der Waals surface area contributed by atoms with E-state index in [1.54, 1.807) is 34.1 Å². The second-order valence-electron chi connectivity index (χ2n) is 5.29. The first-order chi connectivity index (χ1) is 10.5. The molecule has 0 radical (unpaired) electrons. The first kappa shape index (κ1) is 16.0. The van der Waals surface area contributed by atoms with Gasteiger partial charge in [-0.25, -0.2) is 0 Å². The minimum absolute atomic E-state index is 0.0733. The summed E-state index contributed by atoms with van der Waals surface area (Å²) < 4.78 is 0. The summed E-state index contributed by atoms with van der Waals surface area (Å²) >= 11 is 0. The third-order valence-electron chi connectivity index (χ3n) is 3.65. The Labute approximate surface area is 130 Å². The van der Waals surface area contributed by atoms with E-state index in [0.29, 0.717) is 43.9 Å². The van der Waals surface area contributed by atoms with Crippen LogP contribution in [-0.4, -0.2) is 53.7 Å². The molecule has 3 amide bonds. The van der Waals surface area contributed by atoms with E-state index in [4.69, 9.17) is 0 Å². The van der Waals surface area contributed by atoms with Crippen molar-refractivity contribution in [3.05, 3.63) is 29.8 Å². The summed E-state index contributed by atoms with van der Waals surface area (Å²) in [6.45, 7) is 5.49. The van der Waals surface area contributed by atoms with Gasteiger partial charge in [-0.05, 0) is 18.2 Å². The van der Waals surface area contributed by atoms with Crippen LogP contribution in [0.2, 0.25) is 0 Å². The van der Waals surface area contributed by atoms with Crippen molar-refractivity contribution in [3.63, 3.8) is 0 Å². The van der Waals surface area contributed by atoms with Crippen molar-refractivity contribution in [1.82, 2.24) is 9.80 Å². The van der Waals surface area contributed by atoms with Crippen LogP contribution in [0.15, 0.2) is 24.3 Å². The van der Waals surface area contributed by atoms with Gasteiger partial charge in [0.1, 0.15) is 0 Å². The number of carbonyl (C=O) groups is 3. The van der Waals surface area contributed by atoms with Gasteiger partial charge in [-0.3, -0.25) is 14.4 Å². The lowest BCUT2D eigenvalue weighted by atomic mass is 10.1. The van der Waals surface area contributed by atoms with Crippen LogP contribution in [0.3, 0.4) is 0 Å². The fourth-order valence-electron chi connectivity index (χ4n) is 2.50. The molecule has 0 unspecified atom stereocenters. The molecule has 1 aliphatic rings. The lowest BCUT2D eigenvalue weighted by Gasteiger charge is -2.34. The van der Waals surface area contributed by atoms with Crippen molar-refractivity contribution < 1.29 is 14.4 Å². The number of anilines is 1. The van der Waals surface area contributed by atoms with Gasteiger partial charge in [-0.1, -0.05) is 13.0 Å². The first-order valence-electron chi connectivity index (χ1n) is 7.46. The Morgan fingerprint density at radius 2 is 1.73 bits per heavy atom. The zero-order valence-electron chi connectivity index (χ0n) is 13.0. The molecule has 22 heavy (non-hydrogen) atoms. The molecule has 1 aromatic rings. The number of piperazine rings is 1. The van der Waals surface area contributed by atoms with Crippen LogP contribution < -0.4 is 5.32 Å². The summed E-state index contributed by atoms with van der Waals surface area (Å²) in [7, 11) is 0. The maximum Gasteiger partial charge on any atom is 0.254 e. The minimum atomic E-state index is -0.170. The van der Waals surface area contributed by atoms with Crippen molar-refractivity contribution in [2.75, 3.05) is 31.5 Å². The summed E-state index contributed by atoms with van der Waals surface area (Å²) in [5, 5.41) is 2.67. The van der Waals surface area contributed by atoms with Crippen molar-refractivity contribution in [3.8, 4) is 0 Å². The molecule has 0 atom stereocenters. The number of amides is 3. The zero-order valence-corrected chi connectivity index (χ0v) is 13.0. The second kappa shape index (κ2) is 7.06. The molecule has 0 bridgehead atoms. The van der Waals surface area contributed by atoms with Gasteiger partial charge in [0, 0.05) is 50.8 Å². The molecular weight excluding hydrogens is 282 g/mol. The molecule has 118 valence electrons. The average Bonchev–Trinajstić information content (AvgIpc) is 2.53. The van der Waals surface area contributed by atoms with Crippen molar-refractivity contribution >= 4 is 23.4 Å². The average molecular weight is 303 g/mol. The molecule has 1 heterocycles. The lowest BCUT2D eigenvalue weighted by Crippen LogP contribution is -2.50. The monoisotopic (exact) mass is 303 g/mol. The number of rotatable bonds is 3. The molecule has 0 aliphatic carbocycles. The summed E-state index contributed by atoms with van der Waals surface area (Å²) in [6, 6.07) is 6.90. The van der Waals surface area contributed by atoms with Crippen LogP contribution in [0, 0.1) is 0 Å². The normalized spacial score (nSPS) is 14.6. The second-order valence-corrected chi connectivity index (χ2v) is 5.29. The molecule has 1 saturated heterocycles. The molecule has 1 aromatic carbocycles. The Kier molecular flexibility index (Phi) is 5.14. The van der Waals surface area contributed by atoms with E-state index in [9.17, 15) is 14.4 Å². The molecular formula is C16H21N3O3. The standard InChI is InChI=1S/C16H21N3O3/c1-3-15(21)18-7-9-19(10-8-18)16(22)13-5-4-6-14(11-13)17-12(2)20/h4-6,11H,3,7-10H2,1-2H3,(H,17,20). The lowest BCUT2D eigenvalue weighted by molar-refractivity contribution is -0.132. The number of carbonyl (C=O) groups excluding carboxylic acids is 3. The van der Waals surface area contributed by atoms with E-state index in [-0.39, 0.29) is 17.7 Å². The summed E-state index contributed by atoms with van der Waals surface area (Å²) in [4.78, 5) is 38.7. The highest BCUT2D eigenvalue weighted by atomic mass is 16.2. The van der Waals surface area contributed by atoms with E-state index in [2.05, 4.69) is 5.32 Å². The fraction of sp³-hybridized carbons (Fsp3) is 0.438. The van der Waals surface area contributed by atoms with Gasteiger partial charge in [0.15, 0.2) is 0 Å². The van der Waals surface area contributed by atoms with Crippen LogP contribution in [0.5, 0.6) is 0 Å². The van der Waals surface area contributed by atoms with Gasteiger partial charge < -0.3 is 15.1 Å². The van der Waals surface area contributed by atoms with Gasteiger partial charge in [-0.2, -0.15) is 0 Å². The summed E-state index contributed by atoms with van der Waals surface area (Å²) in [6.07, 6.45) is 0.493. The Morgan fingerprint density at radius 1 is 1.09 bits per heavy atom. The number of nitrogens with one attached hydrogen (secondary N) is 1. The third-order valence-corrected chi connectivity index (χ3v) is 3.65. The largest absolute Gasteiger partial charge is 0.339 e. The molecule has 0 spiro atoms. The van der Waals surface area contributed by atoms with E-state index in [1.165, 1.54) is 6.92 Å². The molecule has 0 saturated carbocycles. The smallest absolute Gasteiger partial charge is 0.254 e. The highest BCUT2D eigenvalue weighted by molar-refractivity contribution is 5.97. The first-order valence-corrected chi connectivity index (χ1v) is 7.46. The fourth-order valence-corrected chi connectivity index (χ4v) is 2.50. The third kappa shape index (κ3) is 3.84. The predicted molar refractivity (Wildman–Crippen MR) is 83.5 cm³/mol. The highest BCUT2D eigenvalue weighted by Crippen LogP contribution is 2.14. The van der Waals surface area contributed by atoms with Gasteiger partial charge in [0.25, 0.3) is 5.91 Å². The highest BCUT2D eigenvalue weighted by Gasteiger charge is 2.24. The van der Waals surface area contributed by atoms with Crippen LogP contribution in [0.25, 0.3) is 0 Å². The zero-order chi connectivity index (χ0) is 16.1. The minimum Gasteiger partial charge on any atom is -0.339 e. The molecule has 6 heteroatoms. The molecule has 1 N–H and O–H groups in total. The Bertz CT molecular complexity index is 578. The Morgan fingerprint density at radius 3 is 2.32 bits per heavy atom. The van der Waals surface area contributed by atoms with Crippen LogP contribution in [0.1, 0.15) is 30.6 Å². The summed E-state index contributed by atoms with van der Waals surface area (Å²) in [5.41, 5.74) is 1.15. The molecule has 1 fully saturated rings. The van der Waals surface area contributed by atoms with Crippen LogP contribution in [-0.2, 0) is 9.59 Å². The van der Waals surface area contributed by atoms with Gasteiger partial charge in [0.2, 0.25) is 11.8 Å². The number of nitrogens with zero attached hydrogens (tertiary/aromatic N) is 2. The Balaban J connectivity index is 2.01. The molecule has 1 aliphatic heterocycles. The summed E-state index contributed by atoms with van der Waals surface area (Å²) in [5.74, 6) is -0.119.